The predicted molar refractivity (Wildman–Crippen MR) is 47.3 cm³/mol. The lowest BCUT2D eigenvalue weighted by atomic mass is 9.99. The summed E-state index contributed by atoms with van der Waals surface area (Å²) in [5.74, 6) is 0. The zero-order valence-electron chi connectivity index (χ0n) is 8.14. The fourth-order valence-electron chi connectivity index (χ4n) is 1.05. The van der Waals surface area contributed by atoms with Gasteiger partial charge in [-0.25, -0.2) is 0 Å². The minimum absolute atomic E-state index is 0.0708. The molecule has 0 unspecified atom stereocenters. The van der Waals surface area contributed by atoms with E-state index in [1.54, 1.807) is 4.98 Å². The van der Waals surface area contributed by atoms with Gasteiger partial charge in [0, 0.05) is 6.07 Å². The highest BCUT2D eigenvalue weighted by molar-refractivity contribution is 5.23. The summed E-state index contributed by atoms with van der Waals surface area (Å²) in [4.78, 5) is 12.6. The molecule has 0 saturated carbocycles. The van der Waals surface area contributed by atoms with E-state index >= 15 is 0 Å². The van der Waals surface area contributed by atoms with Gasteiger partial charge in [0.15, 0.2) is 0 Å². The molecule has 0 aliphatic carbocycles. The molecule has 0 bridgehead atoms. The van der Waals surface area contributed by atoms with Crippen LogP contribution >= 0.6 is 0 Å². The Hall–Kier alpha value is -1.30. The molecule has 0 aliphatic heterocycles. The summed E-state index contributed by atoms with van der Waals surface area (Å²) in [6, 6.07) is 1.66. The van der Waals surface area contributed by atoms with Crippen LogP contribution in [0.1, 0.15) is 25.1 Å². The van der Waals surface area contributed by atoms with Gasteiger partial charge in [-0.1, -0.05) is 0 Å². The first-order chi connectivity index (χ1) is 6.60. The Morgan fingerprint density at radius 3 is 2.20 bits per heavy atom. The summed E-state index contributed by atoms with van der Waals surface area (Å²) in [5.41, 5.74) is -3.60. The molecule has 1 heterocycles. The normalized spacial score (nSPS) is 12.9. The zero-order valence-corrected chi connectivity index (χ0v) is 8.14. The number of hydrogen-bond donors (Lipinski definition) is 2. The average Bonchev–Trinajstić information content (AvgIpc) is 1.99. The fourth-order valence-corrected chi connectivity index (χ4v) is 1.05. The summed E-state index contributed by atoms with van der Waals surface area (Å²) in [6.07, 6.45) is -4.62. The van der Waals surface area contributed by atoms with Crippen molar-refractivity contribution in [3.63, 3.8) is 0 Å². The van der Waals surface area contributed by atoms with Crippen molar-refractivity contribution in [1.82, 2.24) is 4.98 Å². The number of alkyl halides is 3. The molecule has 0 spiro atoms. The molecule has 1 aromatic rings. The number of pyridine rings is 1. The van der Waals surface area contributed by atoms with Gasteiger partial charge in [-0.15, -0.1) is 0 Å². The first kappa shape index (κ1) is 11.8. The number of aliphatic hydroxyl groups is 1. The minimum Gasteiger partial charge on any atom is -0.386 e. The third-order valence-electron chi connectivity index (χ3n) is 1.86. The molecule has 15 heavy (non-hydrogen) atoms. The number of rotatable bonds is 1. The van der Waals surface area contributed by atoms with Gasteiger partial charge in [0.05, 0.1) is 5.60 Å². The molecule has 0 amide bonds. The van der Waals surface area contributed by atoms with E-state index in [0.29, 0.717) is 0 Å². The third-order valence-corrected chi connectivity index (χ3v) is 1.86. The second kappa shape index (κ2) is 3.37. The number of H-pyrrole nitrogens is 1. The van der Waals surface area contributed by atoms with Crippen molar-refractivity contribution in [2.75, 3.05) is 0 Å². The maximum absolute atomic E-state index is 12.3. The fraction of sp³-hybridized carbons (Fsp3) is 0.444. The Labute approximate surface area is 83.6 Å². The van der Waals surface area contributed by atoms with E-state index in [9.17, 15) is 23.1 Å². The smallest absolute Gasteiger partial charge is 0.386 e. The molecule has 3 nitrogen and oxygen atoms in total. The number of halogens is 3. The van der Waals surface area contributed by atoms with Crippen LogP contribution < -0.4 is 5.56 Å². The van der Waals surface area contributed by atoms with Crippen LogP contribution in [0.3, 0.4) is 0 Å². The molecule has 1 rings (SSSR count). The largest absolute Gasteiger partial charge is 0.431 e. The van der Waals surface area contributed by atoms with Crippen molar-refractivity contribution in [1.29, 1.82) is 0 Å². The SMILES string of the molecule is CC(C)(O)c1cc(C(F)(F)F)[nH]c(=O)c1. The van der Waals surface area contributed by atoms with E-state index < -0.39 is 23.0 Å². The van der Waals surface area contributed by atoms with Gasteiger partial charge in [0.2, 0.25) is 5.56 Å². The highest BCUT2D eigenvalue weighted by Gasteiger charge is 2.33. The first-order valence-electron chi connectivity index (χ1n) is 4.15. The maximum Gasteiger partial charge on any atom is 0.431 e. The number of aromatic nitrogens is 1. The Bertz CT molecular complexity index is 379. The molecule has 84 valence electrons. The molecular formula is C9H10F3NO2. The van der Waals surface area contributed by atoms with Crippen LogP contribution in [0.4, 0.5) is 13.2 Å². The van der Waals surface area contributed by atoms with E-state index in [4.69, 9.17) is 0 Å². The van der Waals surface area contributed by atoms with Gasteiger partial charge in [-0.05, 0) is 25.5 Å². The molecular weight excluding hydrogens is 211 g/mol. The summed E-state index contributed by atoms with van der Waals surface area (Å²) >= 11 is 0. The second-order valence-electron chi connectivity index (χ2n) is 3.70. The van der Waals surface area contributed by atoms with Crippen LogP contribution in [0.15, 0.2) is 16.9 Å². The van der Waals surface area contributed by atoms with Gasteiger partial charge in [0.1, 0.15) is 5.69 Å². The summed E-state index contributed by atoms with van der Waals surface area (Å²) in [7, 11) is 0. The average molecular weight is 221 g/mol. The van der Waals surface area contributed by atoms with E-state index in [1.807, 2.05) is 0 Å². The van der Waals surface area contributed by atoms with Crippen molar-refractivity contribution in [2.24, 2.45) is 0 Å². The van der Waals surface area contributed by atoms with E-state index in [2.05, 4.69) is 0 Å². The third kappa shape index (κ3) is 2.82. The van der Waals surface area contributed by atoms with E-state index in [1.165, 1.54) is 13.8 Å². The summed E-state index contributed by atoms with van der Waals surface area (Å²) in [6.45, 7) is 2.61. The lowest BCUT2D eigenvalue weighted by Crippen LogP contribution is -2.23. The van der Waals surface area contributed by atoms with Crippen LogP contribution in [0.2, 0.25) is 0 Å². The van der Waals surface area contributed by atoms with Crippen LogP contribution in [0.25, 0.3) is 0 Å². The summed E-state index contributed by atoms with van der Waals surface area (Å²) in [5, 5.41) is 9.48. The van der Waals surface area contributed by atoms with Gasteiger partial charge >= 0.3 is 6.18 Å². The van der Waals surface area contributed by atoms with Gasteiger partial charge in [-0.2, -0.15) is 13.2 Å². The van der Waals surface area contributed by atoms with Crippen LogP contribution in [-0.2, 0) is 11.8 Å². The Morgan fingerprint density at radius 2 is 1.80 bits per heavy atom. The number of aromatic amines is 1. The molecule has 0 fully saturated rings. The standard InChI is InChI=1S/C9H10F3NO2/c1-8(2,15)5-3-6(9(10,11)12)13-7(14)4-5/h3-4,15H,1-2H3,(H,13,14). The molecule has 0 atom stereocenters. The predicted octanol–water partition coefficient (Wildman–Crippen LogP) is 1.62. The molecule has 0 radical (unpaired) electrons. The number of hydrogen-bond acceptors (Lipinski definition) is 2. The van der Waals surface area contributed by atoms with Crippen LogP contribution in [0.5, 0.6) is 0 Å². The monoisotopic (exact) mass is 221 g/mol. The Morgan fingerprint density at radius 1 is 1.27 bits per heavy atom. The van der Waals surface area contributed by atoms with Crippen molar-refractivity contribution in [3.8, 4) is 0 Å². The van der Waals surface area contributed by atoms with Crippen LogP contribution in [0, 0.1) is 0 Å². The van der Waals surface area contributed by atoms with Gasteiger partial charge in [0.25, 0.3) is 0 Å². The van der Waals surface area contributed by atoms with E-state index in [0.717, 1.165) is 12.1 Å². The first-order valence-corrected chi connectivity index (χ1v) is 4.15. The Balaban J connectivity index is 3.36. The van der Waals surface area contributed by atoms with Gasteiger partial charge in [-0.3, -0.25) is 4.79 Å². The highest BCUT2D eigenvalue weighted by atomic mass is 19.4. The highest BCUT2D eigenvalue weighted by Crippen LogP contribution is 2.29. The summed E-state index contributed by atoms with van der Waals surface area (Å²) < 4.78 is 36.9. The van der Waals surface area contributed by atoms with Crippen molar-refractivity contribution in [3.05, 3.63) is 33.7 Å². The molecule has 6 heteroatoms. The Kier molecular flexibility index (Phi) is 2.65. The van der Waals surface area contributed by atoms with E-state index in [-0.39, 0.29) is 5.56 Å². The molecule has 0 saturated heterocycles. The molecule has 1 aromatic heterocycles. The molecule has 0 aromatic carbocycles. The quantitative estimate of drug-likeness (QED) is 0.757. The van der Waals surface area contributed by atoms with Gasteiger partial charge < -0.3 is 10.1 Å². The maximum atomic E-state index is 12.3. The van der Waals surface area contributed by atoms with Crippen molar-refractivity contribution < 1.29 is 18.3 Å². The molecule has 2 N–H and O–H groups in total. The minimum atomic E-state index is -4.62. The van der Waals surface area contributed by atoms with Crippen LogP contribution in [-0.4, -0.2) is 10.1 Å². The second-order valence-corrected chi connectivity index (χ2v) is 3.70. The molecule has 0 aliphatic rings. The number of nitrogens with one attached hydrogen (secondary N) is 1. The zero-order chi connectivity index (χ0) is 11.9. The van der Waals surface area contributed by atoms with Crippen molar-refractivity contribution in [2.45, 2.75) is 25.6 Å². The lowest BCUT2D eigenvalue weighted by Gasteiger charge is -2.18. The topological polar surface area (TPSA) is 53.1 Å². The lowest BCUT2D eigenvalue weighted by molar-refractivity contribution is -0.141. The van der Waals surface area contributed by atoms with Crippen molar-refractivity contribution >= 4 is 0 Å².